The van der Waals surface area contributed by atoms with Gasteiger partial charge in [-0.05, 0) is 18.6 Å². The Morgan fingerprint density at radius 3 is 2.96 bits per heavy atom. The first kappa shape index (κ1) is 17.4. The molecule has 1 saturated heterocycles. The van der Waals surface area contributed by atoms with E-state index in [0.717, 1.165) is 6.42 Å². The standard InChI is InChI=1S/C18H23N3O4/c1-12(2)17-8-16(20-25-17)18(22)21-10-15(23-3)7-13(21)11-24-14-5-4-6-19-9-14/h4-6,8-9,12-13,15H,7,10-11H2,1-3H3/t13-,15+/m0/s1. The van der Waals surface area contributed by atoms with Crippen molar-refractivity contribution in [1.82, 2.24) is 15.0 Å². The lowest BCUT2D eigenvalue weighted by Crippen LogP contribution is -2.39. The Bertz CT molecular complexity index is 701. The van der Waals surface area contributed by atoms with E-state index in [-0.39, 0.29) is 24.0 Å². The molecular formula is C18H23N3O4. The van der Waals surface area contributed by atoms with Gasteiger partial charge in [0.15, 0.2) is 5.69 Å². The molecule has 1 fully saturated rings. The molecule has 3 heterocycles. The first-order valence-electron chi connectivity index (χ1n) is 8.41. The van der Waals surface area contributed by atoms with Crippen molar-refractivity contribution < 1.29 is 18.8 Å². The van der Waals surface area contributed by atoms with E-state index in [1.54, 1.807) is 30.5 Å². The number of pyridine rings is 1. The molecule has 0 radical (unpaired) electrons. The molecule has 0 bridgehead atoms. The van der Waals surface area contributed by atoms with E-state index in [1.165, 1.54) is 0 Å². The van der Waals surface area contributed by atoms with Crippen LogP contribution in [0.2, 0.25) is 0 Å². The van der Waals surface area contributed by atoms with Crippen LogP contribution in [0.15, 0.2) is 35.1 Å². The lowest BCUT2D eigenvalue weighted by atomic mass is 10.1. The van der Waals surface area contributed by atoms with Crippen molar-refractivity contribution in [2.75, 3.05) is 20.3 Å². The molecule has 25 heavy (non-hydrogen) atoms. The topological polar surface area (TPSA) is 77.7 Å². The molecule has 7 nitrogen and oxygen atoms in total. The highest BCUT2D eigenvalue weighted by atomic mass is 16.5. The molecule has 0 aliphatic carbocycles. The van der Waals surface area contributed by atoms with Crippen LogP contribution in [0.4, 0.5) is 0 Å². The Hall–Kier alpha value is -2.41. The summed E-state index contributed by atoms with van der Waals surface area (Å²) in [7, 11) is 1.66. The van der Waals surface area contributed by atoms with Crippen LogP contribution in [0.25, 0.3) is 0 Å². The van der Waals surface area contributed by atoms with Crippen molar-refractivity contribution in [3.8, 4) is 5.75 Å². The number of ether oxygens (including phenoxy) is 2. The number of hydrogen-bond donors (Lipinski definition) is 0. The number of nitrogens with zero attached hydrogens (tertiary/aromatic N) is 3. The van der Waals surface area contributed by atoms with Crippen LogP contribution in [0.1, 0.15) is 42.4 Å². The third-order valence-corrected chi connectivity index (χ3v) is 4.36. The van der Waals surface area contributed by atoms with Crippen LogP contribution in [0.3, 0.4) is 0 Å². The van der Waals surface area contributed by atoms with Gasteiger partial charge in [-0.3, -0.25) is 9.78 Å². The number of amides is 1. The van der Waals surface area contributed by atoms with Crippen LogP contribution >= 0.6 is 0 Å². The Labute approximate surface area is 146 Å². The van der Waals surface area contributed by atoms with Crippen molar-refractivity contribution in [2.45, 2.75) is 38.3 Å². The third kappa shape index (κ3) is 3.99. The molecule has 134 valence electrons. The molecule has 0 spiro atoms. The maximum Gasteiger partial charge on any atom is 0.276 e. The normalized spacial score (nSPS) is 20.2. The first-order chi connectivity index (χ1) is 12.1. The lowest BCUT2D eigenvalue weighted by Gasteiger charge is -2.23. The molecular weight excluding hydrogens is 322 g/mol. The summed E-state index contributed by atoms with van der Waals surface area (Å²) in [6.45, 7) is 4.89. The van der Waals surface area contributed by atoms with E-state index < -0.39 is 0 Å². The van der Waals surface area contributed by atoms with Gasteiger partial charge in [0, 0.05) is 31.8 Å². The molecule has 0 saturated carbocycles. The predicted molar refractivity (Wildman–Crippen MR) is 90.6 cm³/mol. The van der Waals surface area contributed by atoms with Gasteiger partial charge < -0.3 is 18.9 Å². The maximum absolute atomic E-state index is 12.8. The summed E-state index contributed by atoms with van der Waals surface area (Å²) in [6, 6.07) is 5.28. The van der Waals surface area contributed by atoms with E-state index >= 15 is 0 Å². The van der Waals surface area contributed by atoms with Crippen LogP contribution in [-0.4, -0.2) is 53.4 Å². The summed E-state index contributed by atoms with van der Waals surface area (Å²) in [5, 5.41) is 3.93. The van der Waals surface area contributed by atoms with E-state index in [0.29, 0.717) is 30.4 Å². The van der Waals surface area contributed by atoms with Crippen LogP contribution < -0.4 is 4.74 Å². The second kappa shape index (κ2) is 7.65. The largest absolute Gasteiger partial charge is 0.490 e. The number of carbonyl (C=O) groups is 1. The second-order valence-corrected chi connectivity index (χ2v) is 6.47. The smallest absolute Gasteiger partial charge is 0.276 e. The fourth-order valence-corrected chi connectivity index (χ4v) is 2.89. The highest BCUT2D eigenvalue weighted by molar-refractivity contribution is 5.92. The molecule has 0 unspecified atom stereocenters. The average molecular weight is 345 g/mol. The van der Waals surface area contributed by atoms with Crippen molar-refractivity contribution in [3.63, 3.8) is 0 Å². The van der Waals surface area contributed by atoms with Gasteiger partial charge in [-0.25, -0.2) is 0 Å². The summed E-state index contributed by atoms with van der Waals surface area (Å²) >= 11 is 0. The van der Waals surface area contributed by atoms with Gasteiger partial charge in [0.2, 0.25) is 0 Å². The Balaban J connectivity index is 1.70. The number of methoxy groups -OCH3 is 1. The second-order valence-electron chi connectivity index (χ2n) is 6.47. The van der Waals surface area contributed by atoms with Crippen molar-refractivity contribution in [1.29, 1.82) is 0 Å². The summed E-state index contributed by atoms with van der Waals surface area (Å²) in [5.74, 6) is 1.41. The predicted octanol–water partition coefficient (Wildman–Crippen LogP) is 2.50. The van der Waals surface area contributed by atoms with Crippen LogP contribution in [0, 0.1) is 0 Å². The summed E-state index contributed by atoms with van der Waals surface area (Å²) in [4.78, 5) is 18.6. The van der Waals surface area contributed by atoms with Crippen molar-refractivity contribution in [2.24, 2.45) is 0 Å². The maximum atomic E-state index is 12.8. The molecule has 1 aliphatic rings. The van der Waals surface area contributed by atoms with Gasteiger partial charge in [-0.1, -0.05) is 19.0 Å². The van der Waals surface area contributed by atoms with Gasteiger partial charge in [-0.15, -0.1) is 0 Å². The number of aromatic nitrogens is 2. The summed E-state index contributed by atoms with van der Waals surface area (Å²) in [5.41, 5.74) is 0.326. The molecule has 1 aliphatic heterocycles. The van der Waals surface area contributed by atoms with Gasteiger partial charge in [0.05, 0.1) is 18.3 Å². The van der Waals surface area contributed by atoms with E-state index in [1.807, 2.05) is 26.0 Å². The van der Waals surface area contributed by atoms with Gasteiger partial charge in [0.1, 0.15) is 18.1 Å². The molecule has 0 aromatic carbocycles. The first-order valence-corrected chi connectivity index (χ1v) is 8.41. The number of likely N-dealkylation sites (tertiary alicyclic amines) is 1. The molecule has 2 atom stereocenters. The van der Waals surface area contributed by atoms with Gasteiger partial charge >= 0.3 is 0 Å². The zero-order chi connectivity index (χ0) is 17.8. The number of hydrogen-bond acceptors (Lipinski definition) is 6. The molecule has 1 amide bonds. The van der Waals surface area contributed by atoms with Gasteiger partial charge in [0.25, 0.3) is 5.91 Å². The van der Waals surface area contributed by atoms with E-state index in [9.17, 15) is 4.79 Å². The van der Waals surface area contributed by atoms with Crippen LogP contribution in [0.5, 0.6) is 5.75 Å². The zero-order valence-corrected chi connectivity index (χ0v) is 14.7. The number of rotatable bonds is 6. The quantitative estimate of drug-likeness (QED) is 0.800. The summed E-state index contributed by atoms with van der Waals surface area (Å²) < 4.78 is 16.5. The Kier molecular flexibility index (Phi) is 5.33. The average Bonchev–Trinajstić information content (AvgIpc) is 3.27. The Morgan fingerprint density at radius 2 is 2.32 bits per heavy atom. The van der Waals surface area contributed by atoms with Crippen molar-refractivity contribution in [3.05, 3.63) is 42.0 Å². The highest BCUT2D eigenvalue weighted by Crippen LogP contribution is 2.24. The fourth-order valence-electron chi connectivity index (χ4n) is 2.89. The van der Waals surface area contributed by atoms with E-state index in [4.69, 9.17) is 14.0 Å². The molecule has 2 aromatic rings. The molecule has 2 aromatic heterocycles. The minimum Gasteiger partial charge on any atom is -0.490 e. The zero-order valence-electron chi connectivity index (χ0n) is 14.7. The van der Waals surface area contributed by atoms with Crippen molar-refractivity contribution >= 4 is 5.91 Å². The lowest BCUT2D eigenvalue weighted by molar-refractivity contribution is 0.0648. The minimum absolute atomic E-state index is 0.0112. The molecule has 0 N–H and O–H groups in total. The monoisotopic (exact) mass is 345 g/mol. The highest BCUT2D eigenvalue weighted by Gasteiger charge is 2.37. The SMILES string of the molecule is CO[C@@H]1C[C@@H](COc2cccnc2)N(C(=O)c2cc(C(C)C)on2)C1. The minimum atomic E-state index is -0.157. The Morgan fingerprint density at radius 1 is 1.48 bits per heavy atom. The molecule has 3 rings (SSSR count). The third-order valence-electron chi connectivity index (χ3n) is 4.36. The van der Waals surface area contributed by atoms with Crippen LogP contribution in [-0.2, 0) is 4.74 Å². The van der Waals surface area contributed by atoms with E-state index in [2.05, 4.69) is 10.1 Å². The fraction of sp³-hybridized carbons (Fsp3) is 0.500. The number of carbonyl (C=O) groups excluding carboxylic acids is 1. The van der Waals surface area contributed by atoms with Gasteiger partial charge in [-0.2, -0.15) is 0 Å². The molecule has 7 heteroatoms. The summed E-state index contributed by atoms with van der Waals surface area (Å²) in [6.07, 6.45) is 4.05.